The van der Waals surface area contributed by atoms with Crippen molar-refractivity contribution in [3.8, 4) is 11.3 Å². The number of nitrogens with one attached hydrogen (secondary N) is 1. The van der Waals surface area contributed by atoms with Crippen LogP contribution in [0.15, 0.2) is 30.6 Å². The number of rotatable bonds is 2. The van der Waals surface area contributed by atoms with Crippen LogP contribution in [0.5, 0.6) is 0 Å². The van der Waals surface area contributed by atoms with Crippen LogP contribution in [0.4, 0.5) is 5.69 Å². The van der Waals surface area contributed by atoms with E-state index in [1.54, 1.807) is 6.20 Å². The zero-order chi connectivity index (χ0) is 15.1. The minimum Gasteiger partial charge on any atom is -0.371 e. The van der Waals surface area contributed by atoms with Crippen molar-refractivity contribution in [1.82, 2.24) is 15.2 Å². The first kappa shape index (κ1) is 13.9. The van der Waals surface area contributed by atoms with Crippen LogP contribution in [0.2, 0.25) is 10.0 Å². The van der Waals surface area contributed by atoms with Crippen molar-refractivity contribution >= 4 is 39.8 Å². The average Bonchev–Trinajstić information content (AvgIpc) is 3.23. The van der Waals surface area contributed by atoms with Gasteiger partial charge in [-0.3, -0.25) is 5.10 Å². The molecule has 3 aromatic rings. The molecule has 2 aromatic heterocycles. The summed E-state index contributed by atoms with van der Waals surface area (Å²) < 4.78 is 0. The molecule has 1 aliphatic rings. The third-order valence-electron chi connectivity index (χ3n) is 4.09. The molecule has 0 spiro atoms. The highest BCUT2D eigenvalue weighted by atomic mass is 35.5. The molecule has 0 radical (unpaired) electrons. The van der Waals surface area contributed by atoms with Crippen molar-refractivity contribution in [2.75, 3.05) is 18.0 Å². The van der Waals surface area contributed by atoms with Crippen molar-refractivity contribution in [3.05, 3.63) is 40.6 Å². The molecular formula is C16H14Cl2N4. The molecule has 1 aliphatic heterocycles. The van der Waals surface area contributed by atoms with E-state index >= 15 is 0 Å². The number of aromatic nitrogens is 3. The van der Waals surface area contributed by atoms with Crippen LogP contribution in [0.3, 0.4) is 0 Å². The fourth-order valence-electron chi connectivity index (χ4n) is 2.97. The highest BCUT2D eigenvalue weighted by molar-refractivity contribution is 6.45. The lowest BCUT2D eigenvalue weighted by Gasteiger charge is -2.21. The first-order valence-electron chi connectivity index (χ1n) is 7.27. The number of fused-ring (bicyclic) bond motifs is 1. The molecule has 6 heteroatoms. The van der Waals surface area contributed by atoms with Gasteiger partial charge in [-0.1, -0.05) is 23.2 Å². The van der Waals surface area contributed by atoms with Gasteiger partial charge in [0, 0.05) is 35.9 Å². The van der Waals surface area contributed by atoms with Gasteiger partial charge in [-0.15, -0.1) is 0 Å². The Kier molecular flexibility index (Phi) is 3.43. The zero-order valence-electron chi connectivity index (χ0n) is 11.8. The van der Waals surface area contributed by atoms with Gasteiger partial charge in [-0.2, -0.15) is 5.10 Å². The zero-order valence-corrected chi connectivity index (χ0v) is 13.3. The molecule has 0 atom stereocenters. The average molecular weight is 333 g/mol. The first-order valence-corrected chi connectivity index (χ1v) is 8.02. The van der Waals surface area contributed by atoms with Gasteiger partial charge < -0.3 is 4.90 Å². The summed E-state index contributed by atoms with van der Waals surface area (Å²) >= 11 is 12.6. The van der Waals surface area contributed by atoms with E-state index < -0.39 is 0 Å². The Morgan fingerprint density at radius 2 is 1.95 bits per heavy atom. The number of pyridine rings is 1. The number of hydrogen-bond acceptors (Lipinski definition) is 3. The van der Waals surface area contributed by atoms with Gasteiger partial charge in [0.25, 0.3) is 0 Å². The van der Waals surface area contributed by atoms with Gasteiger partial charge in [0.05, 0.1) is 27.5 Å². The molecule has 0 unspecified atom stereocenters. The van der Waals surface area contributed by atoms with Crippen LogP contribution in [0.1, 0.15) is 12.8 Å². The largest absolute Gasteiger partial charge is 0.371 e. The molecule has 0 bridgehead atoms. The molecule has 22 heavy (non-hydrogen) atoms. The second kappa shape index (κ2) is 5.45. The minimum absolute atomic E-state index is 0.505. The van der Waals surface area contributed by atoms with Gasteiger partial charge in [0.2, 0.25) is 0 Å². The predicted octanol–water partition coefficient (Wildman–Crippen LogP) is 4.53. The summed E-state index contributed by atoms with van der Waals surface area (Å²) in [5, 5.41) is 8.91. The molecular weight excluding hydrogens is 319 g/mol. The third kappa shape index (κ3) is 2.23. The number of nitrogens with zero attached hydrogens (tertiary/aromatic N) is 3. The monoisotopic (exact) mass is 332 g/mol. The highest BCUT2D eigenvalue weighted by Gasteiger charge is 2.19. The lowest BCUT2D eigenvalue weighted by Crippen LogP contribution is -2.18. The smallest absolute Gasteiger partial charge is 0.0931 e. The van der Waals surface area contributed by atoms with Gasteiger partial charge >= 0.3 is 0 Å². The Bertz CT molecular complexity index is 824. The SMILES string of the molecule is Clc1ccc2c(N3CCCC3)cc(-c3cn[nH]c3)nc2c1Cl. The predicted molar refractivity (Wildman–Crippen MR) is 90.8 cm³/mol. The minimum atomic E-state index is 0.505. The van der Waals surface area contributed by atoms with Crippen molar-refractivity contribution in [3.63, 3.8) is 0 Å². The van der Waals surface area contributed by atoms with E-state index in [4.69, 9.17) is 28.2 Å². The van der Waals surface area contributed by atoms with Crippen LogP contribution in [-0.2, 0) is 0 Å². The maximum Gasteiger partial charge on any atom is 0.0931 e. The molecule has 112 valence electrons. The molecule has 0 saturated carbocycles. The van der Waals surface area contributed by atoms with Crippen molar-refractivity contribution in [2.45, 2.75) is 12.8 Å². The first-order chi connectivity index (χ1) is 10.7. The van der Waals surface area contributed by atoms with E-state index in [2.05, 4.69) is 21.2 Å². The van der Waals surface area contributed by atoms with E-state index in [1.165, 1.54) is 12.8 Å². The van der Waals surface area contributed by atoms with E-state index in [1.807, 2.05) is 18.3 Å². The van der Waals surface area contributed by atoms with Crippen molar-refractivity contribution in [2.24, 2.45) is 0 Å². The summed E-state index contributed by atoms with van der Waals surface area (Å²) in [6.45, 7) is 2.12. The summed E-state index contributed by atoms with van der Waals surface area (Å²) in [5.74, 6) is 0. The highest BCUT2D eigenvalue weighted by Crippen LogP contribution is 2.38. The molecule has 4 nitrogen and oxygen atoms in total. The Balaban J connectivity index is 2.00. The number of benzene rings is 1. The molecule has 1 saturated heterocycles. The molecule has 1 fully saturated rings. The van der Waals surface area contributed by atoms with E-state index in [9.17, 15) is 0 Å². The third-order valence-corrected chi connectivity index (χ3v) is 4.89. The van der Waals surface area contributed by atoms with Gasteiger partial charge in [0.15, 0.2) is 0 Å². The fraction of sp³-hybridized carbons (Fsp3) is 0.250. The molecule has 0 aliphatic carbocycles. The molecule has 1 N–H and O–H groups in total. The normalized spacial score (nSPS) is 14.9. The summed E-state index contributed by atoms with van der Waals surface area (Å²) in [4.78, 5) is 7.09. The lowest BCUT2D eigenvalue weighted by molar-refractivity contribution is 0.949. The number of anilines is 1. The van der Waals surface area contributed by atoms with Crippen molar-refractivity contribution < 1.29 is 0 Å². The van der Waals surface area contributed by atoms with Gasteiger partial charge in [-0.05, 0) is 31.0 Å². The summed E-state index contributed by atoms with van der Waals surface area (Å²) in [6, 6.07) is 5.96. The van der Waals surface area contributed by atoms with Crippen LogP contribution >= 0.6 is 23.2 Å². The second-order valence-corrected chi connectivity index (χ2v) is 6.25. The Hall–Kier alpha value is -1.78. The van der Waals surface area contributed by atoms with Crippen LogP contribution < -0.4 is 4.90 Å². The molecule has 1 aromatic carbocycles. The van der Waals surface area contributed by atoms with Crippen LogP contribution in [0, 0.1) is 0 Å². The van der Waals surface area contributed by atoms with Crippen LogP contribution in [0.25, 0.3) is 22.2 Å². The van der Waals surface area contributed by atoms with Gasteiger partial charge in [-0.25, -0.2) is 4.98 Å². The fourth-order valence-corrected chi connectivity index (χ4v) is 3.33. The maximum absolute atomic E-state index is 6.40. The van der Waals surface area contributed by atoms with E-state index in [0.29, 0.717) is 10.0 Å². The van der Waals surface area contributed by atoms with Gasteiger partial charge in [0.1, 0.15) is 0 Å². The van der Waals surface area contributed by atoms with E-state index in [-0.39, 0.29) is 0 Å². The topological polar surface area (TPSA) is 44.8 Å². The summed E-state index contributed by atoms with van der Waals surface area (Å²) in [7, 11) is 0. The quantitative estimate of drug-likeness (QED) is 0.749. The second-order valence-electron chi connectivity index (χ2n) is 5.47. The summed E-state index contributed by atoms with van der Waals surface area (Å²) in [5.41, 5.74) is 3.71. The van der Waals surface area contributed by atoms with Crippen molar-refractivity contribution in [1.29, 1.82) is 0 Å². The van der Waals surface area contributed by atoms with E-state index in [0.717, 1.165) is 40.9 Å². The Morgan fingerprint density at radius 1 is 1.14 bits per heavy atom. The lowest BCUT2D eigenvalue weighted by atomic mass is 10.1. The number of H-pyrrole nitrogens is 1. The number of hydrogen-bond donors (Lipinski definition) is 1. The number of halogens is 2. The van der Waals surface area contributed by atoms with Crippen LogP contribution in [-0.4, -0.2) is 28.3 Å². The molecule has 3 heterocycles. The Morgan fingerprint density at radius 3 is 2.68 bits per heavy atom. The standard InChI is InChI=1S/C16H14Cl2N4/c17-12-4-3-11-14(22-5-1-2-6-22)7-13(10-8-19-20-9-10)21-16(11)15(12)18/h3-4,7-9H,1-2,5-6H2,(H,19,20). The molecule has 4 rings (SSSR count). The summed E-state index contributed by atoms with van der Waals surface area (Å²) in [6.07, 6.45) is 6.03. The number of aromatic amines is 1. The maximum atomic E-state index is 6.40. The molecule has 0 amide bonds. The Labute approximate surface area is 138 Å².